The summed E-state index contributed by atoms with van der Waals surface area (Å²) in [5.74, 6) is 1.67. The van der Waals surface area contributed by atoms with E-state index >= 15 is 0 Å². The molecule has 1 N–H and O–H groups in total. The van der Waals surface area contributed by atoms with Gasteiger partial charge < -0.3 is 19.5 Å². The number of aromatic nitrogens is 2. The smallest absolute Gasteiger partial charge is 0.322 e. The van der Waals surface area contributed by atoms with Gasteiger partial charge in [-0.2, -0.15) is 4.98 Å². The third-order valence-corrected chi connectivity index (χ3v) is 5.20. The molecule has 3 aromatic rings. The van der Waals surface area contributed by atoms with Gasteiger partial charge in [-0.15, -0.1) is 0 Å². The third kappa shape index (κ3) is 3.94. The van der Waals surface area contributed by atoms with Gasteiger partial charge in [0, 0.05) is 17.8 Å². The second kappa shape index (κ2) is 7.95. The molecular weight excluding hydrogens is 368 g/mol. The molecule has 0 spiro atoms. The van der Waals surface area contributed by atoms with E-state index in [1.54, 1.807) is 12.0 Å². The van der Waals surface area contributed by atoms with Crippen molar-refractivity contribution in [1.29, 1.82) is 0 Å². The van der Waals surface area contributed by atoms with E-state index in [1.807, 2.05) is 56.3 Å². The lowest BCUT2D eigenvalue weighted by Crippen LogP contribution is -2.34. The molecular formula is C22H24N4O3. The van der Waals surface area contributed by atoms with Crippen molar-refractivity contribution < 1.29 is 14.1 Å². The molecule has 7 heteroatoms. The van der Waals surface area contributed by atoms with E-state index in [0.29, 0.717) is 18.3 Å². The molecule has 0 saturated carbocycles. The highest BCUT2D eigenvalue weighted by atomic mass is 16.5. The predicted octanol–water partition coefficient (Wildman–Crippen LogP) is 4.73. The van der Waals surface area contributed by atoms with E-state index in [-0.39, 0.29) is 12.1 Å². The highest BCUT2D eigenvalue weighted by molar-refractivity contribution is 5.90. The van der Waals surface area contributed by atoms with Crippen LogP contribution in [-0.4, -0.2) is 34.7 Å². The minimum absolute atomic E-state index is 0.151. The second-order valence-corrected chi connectivity index (χ2v) is 7.29. The van der Waals surface area contributed by atoms with Crippen molar-refractivity contribution in [1.82, 2.24) is 15.0 Å². The van der Waals surface area contributed by atoms with Gasteiger partial charge in [-0.1, -0.05) is 29.4 Å². The second-order valence-electron chi connectivity index (χ2n) is 7.29. The standard InChI is InChI=1S/C22H24N4O3/c1-14-9-10-15(2)18(12-14)23-22(27)26-11-5-8-19(26)21-24-20(25-29-21)16-6-4-7-17(13-16)28-3/h4,6-7,9-10,12-13,19H,5,8,11H2,1-3H3,(H,23,27)/t19-/m0/s1. The zero-order valence-corrected chi connectivity index (χ0v) is 16.8. The summed E-state index contributed by atoms with van der Waals surface area (Å²) in [4.78, 5) is 19.3. The van der Waals surface area contributed by atoms with Crippen molar-refractivity contribution in [2.75, 3.05) is 19.0 Å². The first-order valence-electron chi connectivity index (χ1n) is 9.68. The fourth-order valence-corrected chi connectivity index (χ4v) is 3.57. The van der Waals surface area contributed by atoms with Crippen molar-refractivity contribution in [3.8, 4) is 17.1 Å². The molecule has 2 heterocycles. The molecule has 1 fully saturated rings. The fourth-order valence-electron chi connectivity index (χ4n) is 3.57. The summed E-state index contributed by atoms with van der Waals surface area (Å²) in [5, 5.41) is 7.14. The zero-order chi connectivity index (χ0) is 20.4. The molecule has 2 aromatic carbocycles. The predicted molar refractivity (Wildman–Crippen MR) is 110 cm³/mol. The first-order valence-corrected chi connectivity index (χ1v) is 9.68. The Labute approximate surface area is 169 Å². The molecule has 29 heavy (non-hydrogen) atoms. The molecule has 0 aliphatic carbocycles. The number of nitrogens with zero attached hydrogens (tertiary/aromatic N) is 3. The first-order chi connectivity index (χ1) is 14.0. The largest absolute Gasteiger partial charge is 0.497 e. The van der Waals surface area contributed by atoms with Crippen molar-refractivity contribution in [2.24, 2.45) is 0 Å². The van der Waals surface area contributed by atoms with Crippen LogP contribution in [0.25, 0.3) is 11.4 Å². The lowest BCUT2D eigenvalue weighted by molar-refractivity contribution is 0.193. The van der Waals surface area contributed by atoms with Gasteiger partial charge >= 0.3 is 6.03 Å². The molecule has 7 nitrogen and oxygen atoms in total. The SMILES string of the molecule is COc1cccc(-c2noc([C@@H]3CCCN3C(=O)Nc3cc(C)ccc3C)n2)c1. The average Bonchev–Trinajstić information content (AvgIpc) is 3.40. The van der Waals surface area contributed by atoms with E-state index in [0.717, 1.165) is 41.0 Å². The number of ether oxygens (including phenoxy) is 1. The summed E-state index contributed by atoms with van der Waals surface area (Å²) in [7, 11) is 1.62. The van der Waals surface area contributed by atoms with Crippen LogP contribution >= 0.6 is 0 Å². The van der Waals surface area contributed by atoms with E-state index in [9.17, 15) is 4.79 Å². The molecule has 4 rings (SSSR count). The summed E-state index contributed by atoms with van der Waals surface area (Å²) >= 11 is 0. The first kappa shape index (κ1) is 19.0. The van der Waals surface area contributed by atoms with Crippen LogP contribution in [0.3, 0.4) is 0 Å². The number of amides is 2. The van der Waals surface area contributed by atoms with Gasteiger partial charge in [-0.05, 0) is 56.0 Å². The van der Waals surface area contributed by atoms with Crippen molar-refractivity contribution in [3.05, 3.63) is 59.5 Å². The van der Waals surface area contributed by atoms with E-state index in [4.69, 9.17) is 9.26 Å². The van der Waals surface area contributed by atoms with Crippen LogP contribution < -0.4 is 10.1 Å². The Morgan fingerprint density at radius 1 is 1.24 bits per heavy atom. The van der Waals surface area contributed by atoms with Gasteiger partial charge in [-0.3, -0.25) is 0 Å². The minimum Gasteiger partial charge on any atom is -0.497 e. The molecule has 150 valence electrons. The van der Waals surface area contributed by atoms with Gasteiger partial charge in [0.2, 0.25) is 11.7 Å². The summed E-state index contributed by atoms with van der Waals surface area (Å²) in [6, 6.07) is 13.1. The third-order valence-electron chi connectivity index (χ3n) is 5.20. The van der Waals surface area contributed by atoms with Crippen LogP contribution in [0.5, 0.6) is 5.75 Å². The summed E-state index contributed by atoms with van der Waals surface area (Å²) < 4.78 is 10.8. The summed E-state index contributed by atoms with van der Waals surface area (Å²) in [5.41, 5.74) is 3.76. The molecule has 1 saturated heterocycles. The Morgan fingerprint density at radius 2 is 2.10 bits per heavy atom. The summed E-state index contributed by atoms with van der Waals surface area (Å²) in [6.07, 6.45) is 1.68. The molecule has 0 unspecified atom stereocenters. The maximum absolute atomic E-state index is 12.9. The van der Waals surface area contributed by atoms with E-state index < -0.39 is 0 Å². The van der Waals surface area contributed by atoms with Crippen LogP contribution in [0, 0.1) is 13.8 Å². The van der Waals surface area contributed by atoms with Crippen LogP contribution in [0.4, 0.5) is 10.5 Å². The van der Waals surface area contributed by atoms with Gasteiger partial charge in [-0.25, -0.2) is 4.79 Å². The maximum atomic E-state index is 12.9. The van der Waals surface area contributed by atoms with Gasteiger partial charge in [0.25, 0.3) is 0 Å². The van der Waals surface area contributed by atoms with Gasteiger partial charge in [0.15, 0.2) is 0 Å². The Morgan fingerprint density at radius 3 is 2.93 bits per heavy atom. The number of hydrogen-bond donors (Lipinski definition) is 1. The van der Waals surface area contributed by atoms with Gasteiger partial charge in [0.05, 0.1) is 7.11 Å². The number of anilines is 1. The van der Waals surface area contributed by atoms with Crippen molar-refractivity contribution in [2.45, 2.75) is 32.7 Å². The van der Waals surface area contributed by atoms with E-state index in [1.165, 1.54) is 0 Å². The number of urea groups is 1. The van der Waals surface area contributed by atoms with Crippen molar-refractivity contribution in [3.63, 3.8) is 0 Å². The highest BCUT2D eigenvalue weighted by Gasteiger charge is 2.34. The van der Waals surface area contributed by atoms with Crippen molar-refractivity contribution >= 4 is 11.7 Å². The number of rotatable bonds is 4. The average molecular weight is 392 g/mol. The Hall–Kier alpha value is -3.35. The number of methoxy groups -OCH3 is 1. The fraction of sp³-hybridized carbons (Fsp3) is 0.318. The molecule has 1 aromatic heterocycles. The van der Waals surface area contributed by atoms with Gasteiger partial charge in [0.1, 0.15) is 11.8 Å². The zero-order valence-electron chi connectivity index (χ0n) is 16.8. The number of carbonyl (C=O) groups is 1. The topological polar surface area (TPSA) is 80.5 Å². The quantitative estimate of drug-likeness (QED) is 0.694. The number of hydrogen-bond acceptors (Lipinski definition) is 5. The maximum Gasteiger partial charge on any atom is 0.322 e. The highest BCUT2D eigenvalue weighted by Crippen LogP contribution is 2.33. The molecule has 1 aliphatic heterocycles. The lowest BCUT2D eigenvalue weighted by atomic mass is 10.1. The monoisotopic (exact) mass is 392 g/mol. The van der Waals surface area contributed by atoms with Crippen LogP contribution in [0.1, 0.15) is 35.9 Å². The number of nitrogens with one attached hydrogen (secondary N) is 1. The minimum atomic E-state index is -0.230. The molecule has 1 atom stereocenters. The number of likely N-dealkylation sites (tertiary alicyclic amines) is 1. The van der Waals surface area contributed by atoms with Crippen LogP contribution in [0.2, 0.25) is 0 Å². The molecule has 0 radical (unpaired) electrons. The number of aryl methyl sites for hydroxylation is 2. The molecule has 1 aliphatic rings. The van der Waals surface area contributed by atoms with Crippen LogP contribution in [-0.2, 0) is 0 Å². The Balaban J connectivity index is 1.53. The Bertz CT molecular complexity index is 1030. The Kier molecular flexibility index (Phi) is 5.20. The molecule has 0 bridgehead atoms. The normalized spacial score (nSPS) is 16.1. The van der Waals surface area contributed by atoms with E-state index in [2.05, 4.69) is 15.5 Å². The number of carbonyl (C=O) groups excluding carboxylic acids is 1. The lowest BCUT2D eigenvalue weighted by Gasteiger charge is -2.23. The molecule has 2 amide bonds. The number of benzene rings is 2. The van der Waals surface area contributed by atoms with Crippen LogP contribution in [0.15, 0.2) is 47.0 Å². The summed E-state index contributed by atoms with van der Waals surface area (Å²) in [6.45, 7) is 4.64.